The van der Waals surface area contributed by atoms with E-state index in [2.05, 4.69) is 0 Å². The molecule has 17 heavy (non-hydrogen) atoms. The average molecular weight is 225 g/mol. The van der Waals surface area contributed by atoms with Gasteiger partial charge in [-0.3, -0.25) is 5.41 Å². The summed E-state index contributed by atoms with van der Waals surface area (Å²) in [6, 6.07) is 11.9. The number of nitrogens with one attached hydrogen (secondary N) is 2. The molecule has 0 spiro atoms. The lowest BCUT2D eigenvalue weighted by atomic mass is 9.97. The molecule has 3 heteroatoms. The molecule has 0 atom stereocenters. The third-order valence-corrected chi connectivity index (χ3v) is 2.76. The van der Waals surface area contributed by atoms with Gasteiger partial charge >= 0.3 is 0 Å². The lowest BCUT2D eigenvalue weighted by Crippen LogP contribution is -2.13. The Balaban J connectivity index is 2.68. The topological polar surface area (TPSA) is 73.7 Å². The molecule has 0 aliphatic rings. The van der Waals surface area contributed by atoms with Crippen molar-refractivity contribution < 1.29 is 0 Å². The fourth-order valence-electron chi connectivity index (χ4n) is 1.96. The van der Waals surface area contributed by atoms with Crippen molar-refractivity contribution in [3.63, 3.8) is 0 Å². The predicted molar refractivity (Wildman–Crippen MR) is 72.1 cm³/mol. The van der Waals surface area contributed by atoms with Crippen LogP contribution in [0, 0.1) is 10.8 Å². The largest absolute Gasteiger partial charge is 0.387 e. The van der Waals surface area contributed by atoms with Crippen LogP contribution in [0.4, 0.5) is 0 Å². The molecule has 0 heterocycles. The fourth-order valence-corrected chi connectivity index (χ4v) is 1.96. The minimum absolute atomic E-state index is 0.148. The normalized spacial score (nSPS) is 10.4. The van der Waals surface area contributed by atoms with E-state index in [1.807, 2.05) is 36.4 Å². The van der Waals surface area contributed by atoms with Crippen LogP contribution in [0.3, 0.4) is 0 Å². The highest BCUT2D eigenvalue weighted by molar-refractivity contribution is 6.02. The van der Waals surface area contributed by atoms with E-state index in [1.165, 1.54) is 0 Å². The van der Waals surface area contributed by atoms with Gasteiger partial charge in [0, 0.05) is 12.1 Å². The van der Waals surface area contributed by atoms with Gasteiger partial charge in [0.1, 0.15) is 0 Å². The van der Waals surface area contributed by atoms with Gasteiger partial charge in [0.25, 0.3) is 0 Å². The van der Waals surface area contributed by atoms with Gasteiger partial charge in [0.15, 0.2) is 0 Å². The molecule has 0 unspecified atom stereocenters. The maximum Gasteiger partial charge on any atom is 0.0950 e. The Morgan fingerprint density at radius 3 is 2.53 bits per heavy atom. The highest BCUT2D eigenvalue weighted by atomic mass is 14.7. The second-order valence-corrected chi connectivity index (χ2v) is 4.18. The molecule has 0 amide bonds. The first-order chi connectivity index (χ1) is 8.08. The molecule has 0 fully saturated rings. The van der Waals surface area contributed by atoms with Crippen molar-refractivity contribution in [2.45, 2.75) is 13.3 Å². The first-order valence-corrected chi connectivity index (χ1v) is 5.48. The Morgan fingerprint density at radius 2 is 1.88 bits per heavy atom. The van der Waals surface area contributed by atoms with Crippen LogP contribution < -0.4 is 5.73 Å². The van der Waals surface area contributed by atoms with Gasteiger partial charge in [-0.05, 0) is 41.0 Å². The van der Waals surface area contributed by atoms with Gasteiger partial charge in [-0.15, -0.1) is 0 Å². The zero-order valence-electron chi connectivity index (χ0n) is 9.75. The molecule has 0 saturated carbocycles. The molecule has 0 saturated heterocycles. The summed E-state index contributed by atoms with van der Waals surface area (Å²) in [5, 5.41) is 17.3. The molecule has 3 nitrogen and oxygen atoms in total. The highest BCUT2D eigenvalue weighted by Gasteiger charge is 2.06. The third kappa shape index (κ3) is 2.33. The SMILES string of the molecule is CC(=N)c1cc(CC(=N)N)c2ccccc2c1. The number of fused-ring (bicyclic) bond motifs is 1. The van der Waals surface area contributed by atoms with Crippen LogP contribution in [-0.4, -0.2) is 11.5 Å². The summed E-state index contributed by atoms with van der Waals surface area (Å²) in [4.78, 5) is 0. The summed E-state index contributed by atoms with van der Waals surface area (Å²) in [6.45, 7) is 1.77. The first-order valence-electron chi connectivity index (χ1n) is 5.48. The minimum Gasteiger partial charge on any atom is -0.387 e. The molecule has 4 N–H and O–H groups in total. The van der Waals surface area contributed by atoms with Crippen molar-refractivity contribution in [3.8, 4) is 0 Å². The molecule has 0 bridgehead atoms. The second kappa shape index (κ2) is 4.37. The first kappa shape index (κ1) is 11.3. The zero-order valence-corrected chi connectivity index (χ0v) is 9.75. The van der Waals surface area contributed by atoms with Crippen molar-refractivity contribution in [2.24, 2.45) is 5.73 Å². The Morgan fingerprint density at radius 1 is 1.18 bits per heavy atom. The number of nitrogens with two attached hydrogens (primary N) is 1. The van der Waals surface area contributed by atoms with Gasteiger partial charge in [-0.1, -0.05) is 24.3 Å². The molecular weight excluding hydrogens is 210 g/mol. The van der Waals surface area contributed by atoms with Gasteiger partial charge in [0.2, 0.25) is 0 Å². The summed E-state index contributed by atoms with van der Waals surface area (Å²) in [6.07, 6.45) is 0.432. The Hall–Kier alpha value is -2.16. The Kier molecular flexibility index (Phi) is 2.91. The summed E-state index contributed by atoms with van der Waals surface area (Å²) >= 11 is 0. The molecule has 2 aromatic carbocycles. The predicted octanol–water partition coefficient (Wildman–Crippen LogP) is 2.71. The van der Waals surface area contributed by atoms with Gasteiger partial charge in [0.05, 0.1) is 5.84 Å². The molecule has 0 radical (unpaired) electrons. The zero-order chi connectivity index (χ0) is 12.4. The molecule has 86 valence electrons. The monoisotopic (exact) mass is 225 g/mol. The maximum atomic E-state index is 7.70. The molecular formula is C14H15N3. The third-order valence-electron chi connectivity index (χ3n) is 2.76. The van der Waals surface area contributed by atoms with E-state index in [9.17, 15) is 0 Å². The van der Waals surface area contributed by atoms with E-state index < -0.39 is 0 Å². The number of benzene rings is 2. The second-order valence-electron chi connectivity index (χ2n) is 4.18. The average Bonchev–Trinajstić information content (AvgIpc) is 2.28. The maximum absolute atomic E-state index is 7.70. The fraction of sp³-hybridized carbons (Fsp3) is 0.143. The number of rotatable bonds is 3. The van der Waals surface area contributed by atoms with Crippen LogP contribution in [0.25, 0.3) is 10.8 Å². The van der Waals surface area contributed by atoms with Gasteiger partial charge in [-0.2, -0.15) is 0 Å². The summed E-state index contributed by atoms with van der Waals surface area (Å²) < 4.78 is 0. The summed E-state index contributed by atoms with van der Waals surface area (Å²) in [7, 11) is 0. The highest BCUT2D eigenvalue weighted by Crippen LogP contribution is 2.22. The molecule has 2 rings (SSSR count). The van der Waals surface area contributed by atoms with E-state index in [1.54, 1.807) is 6.92 Å². The minimum atomic E-state index is 0.148. The van der Waals surface area contributed by atoms with Crippen molar-refractivity contribution in [2.75, 3.05) is 0 Å². The van der Waals surface area contributed by atoms with Crippen molar-refractivity contribution >= 4 is 22.3 Å². The van der Waals surface area contributed by atoms with E-state index in [-0.39, 0.29) is 5.84 Å². The molecule has 2 aromatic rings. The summed E-state index contributed by atoms with van der Waals surface area (Å²) in [5.74, 6) is 0.148. The van der Waals surface area contributed by atoms with E-state index in [4.69, 9.17) is 16.6 Å². The summed E-state index contributed by atoms with van der Waals surface area (Å²) in [5.41, 5.74) is 7.90. The van der Waals surface area contributed by atoms with Gasteiger partial charge < -0.3 is 11.1 Å². The van der Waals surface area contributed by atoms with Crippen LogP contribution >= 0.6 is 0 Å². The number of amidine groups is 1. The van der Waals surface area contributed by atoms with Crippen molar-refractivity contribution in [3.05, 3.63) is 47.5 Å². The number of hydrogen-bond acceptors (Lipinski definition) is 2. The Labute approximate surface area is 100 Å². The van der Waals surface area contributed by atoms with Crippen LogP contribution in [0.1, 0.15) is 18.1 Å². The van der Waals surface area contributed by atoms with E-state index in [0.717, 1.165) is 21.9 Å². The van der Waals surface area contributed by atoms with Crippen LogP contribution in [0.15, 0.2) is 36.4 Å². The van der Waals surface area contributed by atoms with E-state index >= 15 is 0 Å². The lowest BCUT2D eigenvalue weighted by molar-refractivity contribution is 1.26. The standard InChI is InChI=1S/C14H15N3/c1-9(15)11-6-10-4-2-3-5-13(10)12(7-11)8-14(16)17/h2-7,15H,8H2,1H3,(H3,16,17). The van der Waals surface area contributed by atoms with Gasteiger partial charge in [-0.25, -0.2) is 0 Å². The molecule has 0 aliphatic carbocycles. The smallest absolute Gasteiger partial charge is 0.0950 e. The van der Waals surface area contributed by atoms with Crippen LogP contribution in [0.2, 0.25) is 0 Å². The number of hydrogen-bond donors (Lipinski definition) is 3. The van der Waals surface area contributed by atoms with Crippen LogP contribution in [-0.2, 0) is 6.42 Å². The molecule has 0 aliphatic heterocycles. The lowest BCUT2D eigenvalue weighted by Gasteiger charge is -2.09. The van der Waals surface area contributed by atoms with Crippen molar-refractivity contribution in [1.82, 2.24) is 0 Å². The van der Waals surface area contributed by atoms with E-state index in [0.29, 0.717) is 12.1 Å². The van der Waals surface area contributed by atoms with Crippen molar-refractivity contribution in [1.29, 1.82) is 10.8 Å². The molecule has 0 aromatic heterocycles. The quantitative estimate of drug-likeness (QED) is 0.545. The Bertz CT molecular complexity index is 599. The van der Waals surface area contributed by atoms with Crippen LogP contribution in [0.5, 0.6) is 0 Å².